The van der Waals surface area contributed by atoms with Gasteiger partial charge >= 0.3 is 0 Å². The summed E-state index contributed by atoms with van der Waals surface area (Å²) in [5, 5.41) is 3.95. The van der Waals surface area contributed by atoms with E-state index in [0.29, 0.717) is 12.1 Å². The van der Waals surface area contributed by atoms with Crippen LogP contribution in [0.5, 0.6) is 0 Å². The van der Waals surface area contributed by atoms with Crippen molar-refractivity contribution < 1.29 is 4.79 Å². The van der Waals surface area contributed by atoms with Crippen molar-refractivity contribution >= 4 is 16.8 Å². The lowest BCUT2D eigenvalue weighted by Gasteiger charge is -2.07. The average molecular weight is 290 g/mol. The Kier molecular flexibility index (Phi) is 4.15. The number of rotatable bonds is 4. The standard InChI is InChI=1S/C19H18N2O/c1-2-14-5-3-6-15(11-14)13-21-19(22)17-8-9-18-16(12-17)7-4-10-20-18/h3-12H,2,13H2,1H3,(H,21,22). The molecule has 1 aromatic heterocycles. The van der Waals surface area contributed by atoms with E-state index in [1.165, 1.54) is 5.56 Å². The van der Waals surface area contributed by atoms with Crippen molar-refractivity contribution in [1.29, 1.82) is 0 Å². The number of amides is 1. The second kappa shape index (κ2) is 6.39. The maximum atomic E-state index is 12.3. The Balaban J connectivity index is 1.72. The fraction of sp³-hybridized carbons (Fsp3) is 0.158. The zero-order chi connectivity index (χ0) is 15.4. The Bertz CT molecular complexity index is 811. The van der Waals surface area contributed by atoms with Gasteiger partial charge in [-0.25, -0.2) is 0 Å². The largest absolute Gasteiger partial charge is 0.348 e. The highest BCUT2D eigenvalue weighted by Gasteiger charge is 2.06. The lowest BCUT2D eigenvalue weighted by Crippen LogP contribution is -2.22. The normalized spacial score (nSPS) is 10.6. The van der Waals surface area contributed by atoms with Gasteiger partial charge in [-0.15, -0.1) is 0 Å². The molecular weight excluding hydrogens is 272 g/mol. The summed E-state index contributed by atoms with van der Waals surface area (Å²) in [7, 11) is 0. The number of carbonyl (C=O) groups is 1. The van der Waals surface area contributed by atoms with Crippen LogP contribution in [-0.2, 0) is 13.0 Å². The molecule has 3 nitrogen and oxygen atoms in total. The quantitative estimate of drug-likeness (QED) is 0.795. The fourth-order valence-corrected chi connectivity index (χ4v) is 2.46. The van der Waals surface area contributed by atoms with E-state index in [4.69, 9.17) is 0 Å². The SMILES string of the molecule is CCc1cccc(CNC(=O)c2ccc3ncccc3c2)c1. The Hall–Kier alpha value is -2.68. The average Bonchev–Trinajstić information content (AvgIpc) is 2.59. The number of nitrogens with one attached hydrogen (secondary N) is 1. The highest BCUT2D eigenvalue weighted by atomic mass is 16.1. The van der Waals surface area contributed by atoms with Crippen molar-refractivity contribution in [3.63, 3.8) is 0 Å². The third-order valence-corrected chi connectivity index (χ3v) is 3.72. The first-order chi connectivity index (χ1) is 10.8. The zero-order valence-corrected chi connectivity index (χ0v) is 12.5. The first kappa shape index (κ1) is 14.3. The Morgan fingerprint density at radius 2 is 1.91 bits per heavy atom. The summed E-state index contributed by atoms with van der Waals surface area (Å²) in [5.74, 6) is -0.0624. The van der Waals surface area contributed by atoms with Crippen molar-refractivity contribution in [2.45, 2.75) is 19.9 Å². The number of hydrogen-bond acceptors (Lipinski definition) is 2. The van der Waals surface area contributed by atoms with Gasteiger partial charge in [0.2, 0.25) is 0 Å². The third-order valence-electron chi connectivity index (χ3n) is 3.72. The molecule has 0 aliphatic heterocycles. The van der Waals surface area contributed by atoms with Gasteiger partial charge in [0.25, 0.3) is 5.91 Å². The van der Waals surface area contributed by atoms with Crippen molar-refractivity contribution in [1.82, 2.24) is 10.3 Å². The number of pyridine rings is 1. The van der Waals surface area contributed by atoms with Crippen LogP contribution in [0.1, 0.15) is 28.4 Å². The number of hydrogen-bond donors (Lipinski definition) is 1. The summed E-state index contributed by atoms with van der Waals surface area (Å²) in [4.78, 5) is 16.5. The topological polar surface area (TPSA) is 42.0 Å². The Morgan fingerprint density at radius 1 is 1.05 bits per heavy atom. The van der Waals surface area contributed by atoms with E-state index in [1.54, 1.807) is 6.20 Å². The molecular formula is C19H18N2O. The van der Waals surface area contributed by atoms with E-state index in [1.807, 2.05) is 42.5 Å². The lowest BCUT2D eigenvalue weighted by atomic mass is 10.1. The first-order valence-electron chi connectivity index (χ1n) is 7.47. The molecule has 110 valence electrons. The van der Waals surface area contributed by atoms with Gasteiger partial charge in [0.15, 0.2) is 0 Å². The number of benzene rings is 2. The van der Waals surface area contributed by atoms with E-state index in [2.05, 4.69) is 29.4 Å². The predicted molar refractivity (Wildman–Crippen MR) is 88.7 cm³/mol. The summed E-state index contributed by atoms with van der Waals surface area (Å²) >= 11 is 0. The highest BCUT2D eigenvalue weighted by molar-refractivity contribution is 5.97. The van der Waals surface area contributed by atoms with Gasteiger partial charge in [0.05, 0.1) is 5.52 Å². The molecule has 0 radical (unpaired) electrons. The third kappa shape index (κ3) is 3.14. The van der Waals surface area contributed by atoms with Crippen LogP contribution < -0.4 is 5.32 Å². The molecule has 0 atom stereocenters. The van der Waals surface area contributed by atoms with Crippen LogP contribution in [0.2, 0.25) is 0 Å². The predicted octanol–water partition coefficient (Wildman–Crippen LogP) is 3.73. The molecule has 3 heteroatoms. The number of aryl methyl sites for hydroxylation is 1. The molecule has 1 amide bonds. The zero-order valence-electron chi connectivity index (χ0n) is 12.5. The van der Waals surface area contributed by atoms with Crippen LogP contribution in [0, 0.1) is 0 Å². The molecule has 0 aliphatic rings. The number of fused-ring (bicyclic) bond motifs is 1. The van der Waals surface area contributed by atoms with E-state index in [0.717, 1.165) is 22.9 Å². The summed E-state index contributed by atoms with van der Waals surface area (Å²) < 4.78 is 0. The molecule has 0 saturated carbocycles. The second-order valence-corrected chi connectivity index (χ2v) is 5.27. The first-order valence-corrected chi connectivity index (χ1v) is 7.47. The monoisotopic (exact) mass is 290 g/mol. The summed E-state index contributed by atoms with van der Waals surface area (Å²) in [6, 6.07) is 17.7. The van der Waals surface area contributed by atoms with Crippen molar-refractivity contribution in [2.75, 3.05) is 0 Å². The van der Waals surface area contributed by atoms with Crippen LogP contribution in [0.4, 0.5) is 0 Å². The molecule has 0 spiro atoms. The summed E-state index contributed by atoms with van der Waals surface area (Å²) in [6.45, 7) is 2.67. The highest BCUT2D eigenvalue weighted by Crippen LogP contribution is 2.13. The van der Waals surface area contributed by atoms with Gasteiger partial charge in [0, 0.05) is 23.7 Å². The molecule has 1 N–H and O–H groups in total. The minimum Gasteiger partial charge on any atom is -0.348 e. The Morgan fingerprint density at radius 3 is 2.77 bits per heavy atom. The second-order valence-electron chi connectivity index (χ2n) is 5.27. The van der Waals surface area contributed by atoms with Crippen LogP contribution in [0.25, 0.3) is 10.9 Å². The van der Waals surface area contributed by atoms with E-state index < -0.39 is 0 Å². The van der Waals surface area contributed by atoms with Gasteiger partial charge in [0.1, 0.15) is 0 Å². The summed E-state index contributed by atoms with van der Waals surface area (Å²) in [5.41, 5.74) is 3.96. The number of nitrogens with zero attached hydrogens (tertiary/aromatic N) is 1. The summed E-state index contributed by atoms with van der Waals surface area (Å²) in [6.07, 6.45) is 2.75. The van der Waals surface area contributed by atoms with Crippen LogP contribution in [0.15, 0.2) is 60.8 Å². The molecule has 2 aromatic carbocycles. The molecule has 0 saturated heterocycles. The number of aromatic nitrogens is 1. The Labute approximate surface area is 130 Å². The number of carbonyl (C=O) groups excluding carboxylic acids is 1. The lowest BCUT2D eigenvalue weighted by molar-refractivity contribution is 0.0951. The van der Waals surface area contributed by atoms with E-state index >= 15 is 0 Å². The van der Waals surface area contributed by atoms with Gasteiger partial charge in [-0.2, -0.15) is 0 Å². The smallest absolute Gasteiger partial charge is 0.251 e. The van der Waals surface area contributed by atoms with Gasteiger partial charge in [-0.05, 0) is 41.8 Å². The molecule has 3 aromatic rings. The molecule has 0 unspecified atom stereocenters. The van der Waals surface area contributed by atoms with Crippen LogP contribution >= 0.6 is 0 Å². The molecule has 22 heavy (non-hydrogen) atoms. The van der Waals surface area contributed by atoms with Crippen molar-refractivity contribution in [3.05, 3.63) is 77.5 Å². The van der Waals surface area contributed by atoms with Gasteiger partial charge in [-0.3, -0.25) is 9.78 Å². The molecule has 0 aliphatic carbocycles. The van der Waals surface area contributed by atoms with Crippen LogP contribution in [0.3, 0.4) is 0 Å². The van der Waals surface area contributed by atoms with Crippen molar-refractivity contribution in [3.8, 4) is 0 Å². The molecule has 0 bridgehead atoms. The maximum absolute atomic E-state index is 12.3. The molecule has 0 fully saturated rings. The molecule has 1 heterocycles. The minimum absolute atomic E-state index is 0.0624. The van der Waals surface area contributed by atoms with Crippen LogP contribution in [-0.4, -0.2) is 10.9 Å². The van der Waals surface area contributed by atoms with Gasteiger partial charge < -0.3 is 5.32 Å². The maximum Gasteiger partial charge on any atom is 0.251 e. The van der Waals surface area contributed by atoms with Gasteiger partial charge in [-0.1, -0.05) is 37.3 Å². The van der Waals surface area contributed by atoms with E-state index in [9.17, 15) is 4.79 Å². The van der Waals surface area contributed by atoms with Crippen molar-refractivity contribution in [2.24, 2.45) is 0 Å². The minimum atomic E-state index is -0.0624. The fourth-order valence-electron chi connectivity index (χ4n) is 2.46. The van der Waals surface area contributed by atoms with E-state index in [-0.39, 0.29) is 5.91 Å². The molecule has 3 rings (SSSR count).